The lowest BCUT2D eigenvalue weighted by Crippen LogP contribution is -1.93. The first-order valence-electron chi connectivity index (χ1n) is 5.98. The highest BCUT2D eigenvalue weighted by Crippen LogP contribution is 2.31. The van der Waals surface area contributed by atoms with Crippen LogP contribution in [-0.2, 0) is 0 Å². The Morgan fingerprint density at radius 2 is 2.18 bits per heavy atom. The molecule has 0 aliphatic rings. The summed E-state index contributed by atoms with van der Waals surface area (Å²) in [5.74, 6) is 0.521. The Kier molecular flexibility index (Phi) is 3.14. The zero-order valence-corrected chi connectivity index (χ0v) is 10.5. The van der Waals surface area contributed by atoms with Gasteiger partial charge in [0, 0.05) is 22.8 Å². The molecule has 0 radical (unpaired) electrons. The van der Waals surface area contributed by atoms with Gasteiger partial charge in [0.2, 0.25) is 0 Å². The van der Waals surface area contributed by atoms with Crippen LogP contribution >= 0.6 is 0 Å². The maximum absolute atomic E-state index is 4.38. The molecule has 0 saturated carbocycles. The van der Waals surface area contributed by atoms with Gasteiger partial charge in [-0.3, -0.25) is 0 Å². The maximum Gasteiger partial charge on any atom is 0.138 e. The molecule has 0 aliphatic carbocycles. The lowest BCUT2D eigenvalue weighted by molar-refractivity contribution is 0.739. The Morgan fingerprint density at radius 3 is 2.76 bits per heavy atom. The standard InChI is InChI=1S/C15H18N2/c1-5-10(4)12-8-9-16-15-14(12)11(6-2)13(7-3)17-15/h6-10H,2-3,5H2,1,4H3,(H,16,17). The van der Waals surface area contributed by atoms with E-state index in [1.165, 1.54) is 10.9 Å². The molecule has 2 nitrogen and oxygen atoms in total. The van der Waals surface area contributed by atoms with Crippen LogP contribution in [0.1, 0.15) is 43.0 Å². The second-order valence-corrected chi connectivity index (χ2v) is 4.29. The van der Waals surface area contributed by atoms with Gasteiger partial charge >= 0.3 is 0 Å². The molecule has 17 heavy (non-hydrogen) atoms. The van der Waals surface area contributed by atoms with Crippen LogP contribution in [0.5, 0.6) is 0 Å². The topological polar surface area (TPSA) is 28.7 Å². The normalized spacial score (nSPS) is 12.6. The summed E-state index contributed by atoms with van der Waals surface area (Å²) in [5.41, 5.74) is 4.36. The molecular formula is C15H18N2. The van der Waals surface area contributed by atoms with Crippen LogP contribution in [-0.4, -0.2) is 9.97 Å². The number of aromatic amines is 1. The number of rotatable bonds is 4. The SMILES string of the molecule is C=Cc1[nH]c2nccc(C(C)CC)c2c1C=C. The first-order valence-corrected chi connectivity index (χ1v) is 5.98. The molecule has 2 rings (SSSR count). The third-order valence-electron chi connectivity index (χ3n) is 3.35. The fraction of sp³-hybridized carbons (Fsp3) is 0.267. The van der Waals surface area contributed by atoms with Gasteiger partial charge in [-0.05, 0) is 30.0 Å². The van der Waals surface area contributed by atoms with E-state index in [0.29, 0.717) is 5.92 Å². The Balaban J connectivity index is 2.81. The molecule has 1 atom stereocenters. The van der Waals surface area contributed by atoms with E-state index in [-0.39, 0.29) is 0 Å². The second-order valence-electron chi connectivity index (χ2n) is 4.29. The molecular weight excluding hydrogens is 208 g/mol. The van der Waals surface area contributed by atoms with Crippen molar-refractivity contribution in [3.63, 3.8) is 0 Å². The molecule has 88 valence electrons. The first kappa shape index (κ1) is 11.6. The molecule has 2 aromatic heterocycles. The van der Waals surface area contributed by atoms with Gasteiger partial charge in [0.15, 0.2) is 0 Å². The zero-order valence-electron chi connectivity index (χ0n) is 10.5. The average Bonchev–Trinajstić information content (AvgIpc) is 2.75. The Bertz CT molecular complexity index is 564. The van der Waals surface area contributed by atoms with Crippen LogP contribution in [0.3, 0.4) is 0 Å². The highest BCUT2D eigenvalue weighted by Gasteiger charge is 2.14. The number of nitrogens with one attached hydrogen (secondary N) is 1. The Morgan fingerprint density at radius 1 is 1.41 bits per heavy atom. The van der Waals surface area contributed by atoms with Gasteiger partial charge in [-0.2, -0.15) is 0 Å². The molecule has 0 aliphatic heterocycles. The van der Waals surface area contributed by atoms with Gasteiger partial charge in [-0.1, -0.05) is 33.1 Å². The maximum atomic E-state index is 4.38. The minimum Gasteiger partial charge on any atom is -0.339 e. The van der Waals surface area contributed by atoms with Crippen molar-refractivity contribution in [2.24, 2.45) is 0 Å². The summed E-state index contributed by atoms with van der Waals surface area (Å²) >= 11 is 0. The molecule has 0 saturated heterocycles. The third-order valence-corrected chi connectivity index (χ3v) is 3.35. The molecule has 2 aromatic rings. The molecule has 2 heteroatoms. The summed E-state index contributed by atoms with van der Waals surface area (Å²) in [7, 11) is 0. The van der Waals surface area contributed by atoms with Crippen LogP contribution in [0, 0.1) is 0 Å². The largest absolute Gasteiger partial charge is 0.339 e. The predicted octanol–water partition coefficient (Wildman–Crippen LogP) is 4.36. The van der Waals surface area contributed by atoms with E-state index in [0.717, 1.165) is 23.3 Å². The predicted molar refractivity (Wildman–Crippen MR) is 75.0 cm³/mol. The molecule has 0 aromatic carbocycles. The highest BCUT2D eigenvalue weighted by molar-refractivity contribution is 5.93. The molecule has 2 heterocycles. The molecule has 0 spiro atoms. The minimum absolute atomic E-state index is 0.521. The number of nitrogens with zero attached hydrogens (tertiary/aromatic N) is 1. The summed E-state index contributed by atoms with van der Waals surface area (Å²) in [5, 5.41) is 1.19. The van der Waals surface area contributed by atoms with Gasteiger partial charge in [-0.15, -0.1) is 0 Å². The smallest absolute Gasteiger partial charge is 0.138 e. The van der Waals surface area contributed by atoms with E-state index in [2.05, 4.69) is 43.0 Å². The van der Waals surface area contributed by atoms with Gasteiger partial charge < -0.3 is 4.98 Å². The first-order chi connectivity index (χ1) is 8.22. The van der Waals surface area contributed by atoms with Crippen molar-refractivity contribution < 1.29 is 0 Å². The van der Waals surface area contributed by atoms with Crippen LogP contribution < -0.4 is 0 Å². The van der Waals surface area contributed by atoms with Gasteiger partial charge in [0.25, 0.3) is 0 Å². The van der Waals surface area contributed by atoms with E-state index < -0.39 is 0 Å². The average molecular weight is 226 g/mol. The minimum atomic E-state index is 0.521. The Hall–Kier alpha value is -1.83. The van der Waals surface area contributed by atoms with E-state index in [9.17, 15) is 0 Å². The summed E-state index contributed by atoms with van der Waals surface area (Å²) < 4.78 is 0. The van der Waals surface area contributed by atoms with Crippen molar-refractivity contribution in [1.29, 1.82) is 0 Å². The molecule has 0 amide bonds. The summed E-state index contributed by atoms with van der Waals surface area (Å²) in [6.07, 6.45) is 6.67. The van der Waals surface area contributed by atoms with Crippen LogP contribution in [0.2, 0.25) is 0 Å². The van der Waals surface area contributed by atoms with Crippen LogP contribution in [0.25, 0.3) is 23.2 Å². The lowest BCUT2D eigenvalue weighted by Gasteiger charge is -2.10. The molecule has 0 fully saturated rings. The van der Waals surface area contributed by atoms with Crippen LogP contribution in [0.15, 0.2) is 25.4 Å². The van der Waals surface area contributed by atoms with E-state index in [1.807, 2.05) is 18.3 Å². The fourth-order valence-electron chi connectivity index (χ4n) is 2.19. The number of aromatic nitrogens is 2. The van der Waals surface area contributed by atoms with E-state index in [1.54, 1.807) is 0 Å². The number of H-pyrrole nitrogens is 1. The van der Waals surface area contributed by atoms with Gasteiger partial charge in [0.05, 0.1) is 0 Å². The lowest BCUT2D eigenvalue weighted by atomic mass is 9.94. The van der Waals surface area contributed by atoms with Gasteiger partial charge in [0.1, 0.15) is 5.65 Å². The second kappa shape index (κ2) is 4.58. The van der Waals surface area contributed by atoms with Crippen molar-refractivity contribution in [2.75, 3.05) is 0 Å². The highest BCUT2D eigenvalue weighted by atomic mass is 14.9. The molecule has 0 bridgehead atoms. The van der Waals surface area contributed by atoms with Crippen molar-refractivity contribution in [1.82, 2.24) is 9.97 Å². The number of hydrogen-bond acceptors (Lipinski definition) is 1. The van der Waals surface area contributed by atoms with Crippen molar-refractivity contribution in [2.45, 2.75) is 26.2 Å². The van der Waals surface area contributed by atoms with Gasteiger partial charge in [-0.25, -0.2) is 4.98 Å². The molecule has 1 N–H and O–H groups in total. The van der Waals surface area contributed by atoms with Crippen molar-refractivity contribution in [3.8, 4) is 0 Å². The van der Waals surface area contributed by atoms with Crippen molar-refractivity contribution >= 4 is 23.2 Å². The Labute approximate surface area is 102 Å². The summed E-state index contributed by atoms with van der Waals surface area (Å²) in [6.45, 7) is 12.2. The molecule has 1 unspecified atom stereocenters. The number of pyridine rings is 1. The number of fused-ring (bicyclic) bond motifs is 1. The van der Waals surface area contributed by atoms with Crippen molar-refractivity contribution in [3.05, 3.63) is 42.2 Å². The summed E-state index contributed by atoms with van der Waals surface area (Å²) in [6, 6.07) is 2.10. The quantitative estimate of drug-likeness (QED) is 0.824. The zero-order chi connectivity index (χ0) is 12.4. The summed E-state index contributed by atoms with van der Waals surface area (Å²) in [4.78, 5) is 7.67. The van der Waals surface area contributed by atoms with E-state index >= 15 is 0 Å². The number of hydrogen-bond donors (Lipinski definition) is 1. The van der Waals surface area contributed by atoms with E-state index in [4.69, 9.17) is 0 Å². The monoisotopic (exact) mass is 226 g/mol. The van der Waals surface area contributed by atoms with Crippen LogP contribution in [0.4, 0.5) is 0 Å². The fourth-order valence-corrected chi connectivity index (χ4v) is 2.19. The third kappa shape index (κ3) is 1.80.